The summed E-state index contributed by atoms with van der Waals surface area (Å²) in [4.78, 5) is 18.6. The van der Waals surface area contributed by atoms with Gasteiger partial charge >= 0.3 is 5.69 Å². The molecular weight excluding hydrogens is 316 g/mol. The molecule has 7 heteroatoms. The van der Waals surface area contributed by atoms with E-state index >= 15 is 0 Å². The van der Waals surface area contributed by atoms with Crippen molar-refractivity contribution in [1.82, 2.24) is 29.2 Å². The lowest BCUT2D eigenvalue weighted by Gasteiger charge is -2.32. The summed E-state index contributed by atoms with van der Waals surface area (Å²) < 4.78 is 3.93. The van der Waals surface area contributed by atoms with Crippen LogP contribution in [0.1, 0.15) is 30.4 Å². The van der Waals surface area contributed by atoms with Gasteiger partial charge in [0.15, 0.2) is 0 Å². The van der Waals surface area contributed by atoms with Crippen LogP contribution in [0.4, 0.5) is 0 Å². The molecule has 3 aromatic rings. The summed E-state index contributed by atoms with van der Waals surface area (Å²) in [6.45, 7) is 4.82. The van der Waals surface area contributed by atoms with Crippen molar-refractivity contribution in [2.75, 3.05) is 13.1 Å². The van der Waals surface area contributed by atoms with E-state index in [0.29, 0.717) is 0 Å². The molecule has 0 aliphatic carbocycles. The fourth-order valence-corrected chi connectivity index (χ4v) is 3.63. The normalized spacial score (nSPS) is 16.4. The van der Waals surface area contributed by atoms with Gasteiger partial charge in [0.25, 0.3) is 0 Å². The van der Waals surface area contributed by atoms with Crippen molar-refractivity contribution in [3.63, 3.8) is 0 Å². The number of rotatable bonds is 4. The third-order valence-electron chi connectivity index (χ3n) is 4.94. The summed E-state index contributed by atoms with van der Waals surface area (Å²) in [5, 5.41) is 6.31. The molecule has 1 aromatic carbocycles. The highest BCUT2D eigenvalue weighted by atomic mass is 16.1. The van der Waals surface area contributed by atoms with Crippen molar-refractivity contribution < 1.29 is 0 Å². The zero-order valence-electron chi connectivity index (χ0n) is 14.3. The number of benzene rings is 1. The summed E-state index contributed by atoms with van der Waals surface area (Å²) in [5.41, 5.74) is 2.23. The molecule has 0 bridgehead atoms. The van der Waals surface area contributed by atoms with E-state index in [1.165, 1.54) is 5.69 Å². The van der Waals surface area contributed by atoms with Crippen molar-refractivity contribution in [3.05, 3.63) is 64.9 Å². The molecule has 25 heavy (non-hydrogen) atoms. The van der Waals surface area contributed by atoms with Crippen LogP contribution in [0.15, 0.2) is 47.7 Å². The second-order valence-corrected chi connectivity index (χ2v) is 6.54. The van der Waals surface area contributed by atoms with E-state index in [1.807, 2.05) is 31.3 Å². The Labute approximate surface area is 145 Å². The number of likely N-dealkylation sites (tertiary alicyclic amines) is 1. The Morgan fingerprint density at radius 1 is 1.20 bits per heavy atom. The lowest BCUT2D eigenvalue weighted by atomic mass is 10.0. The summed E-state index contributed by atoms with van der Waals surface area (Å²) in [5.74, 6) is 1.00. The molecule has 1 saturated heterocycles. The van der Waals surface area contributed by atoms with Crippen LogP contribution in [0.3, 0.4) is 0 Å². The van der Waals surface area contributed by atoms with Gasteiger partial charge in [-0.1, -0.05) is 18.2 Å². The smallest absolute Gasteiger partial charge is 0.300 e. The van der Waals surface area contributed by atoms with E-state index in [9.17, 15) is 4.79 Å². The number of imidazole rings is 1. The zero-order valence-corrected chi connectivity index (χ0v) is 14.3. The van der Waals surface area contributed by atoms with Crippen LogP contribution >= 0.6 is 0 Å². The molecule has 0 radical (unpaired) electrons. The SMILES string of the molecule is Cc1ncc(CN2CCC(n3cn[nH]c3=O)CC2)n1-c1ccccc1. The lowest BCUT2D eigenvalue weighted by Crippen LogP contribution is -2.36. The minimum absolute atomic E-state index is 0.115. The fraction of sp³-hybridized carbons (Fsp3) is 0.389. The minimum atomic E-state index is -0.115. The third-order valence-corrected chi connectivity index (χ3v) is 4.94. The minimum Gasteiger partial charge on any atom is -0.300 e. The van der Waals surface area contributed by atoms with Gasteiger partial charge in [0, 0.05) is 31.4 Å². The Bertz CT molecular complexity index is 886. The number of para-hydroxylation sites is 1. The van der Waals surface area contributed by atoms with Crippen LogP contribution in [0.2, 0.25) is 0 Å². The van der Waals surface area contributed by atoms with Gasteiger partial charge in [0.1, 0.15) is 12.2 Å². The van der Waals surface area contributed by atoms with Crippen LogP contribution in [0, 0.1) is 6.92 Å². The fourth-order valence-electron chi connectivity index (χ4n) is 3.63. The number of aromatic amines is 1. The summed E-state index contributed by atoms with van der Waals surface area (Å²) in [7, 11) is 0. The Hall–Kier alpha value is -2.67. The molecule has 130 valence electrons. The second kappa shape index (κ2) is 6.68. The average Bonchev–Trinajstić information content (AvgIpc) is 3.22. The maximum Gasteiger partial charge on any atom is 0.343 e. The number of nitrogens with one attached hydrogen (secondary N) is 1. The summed E-state index contributed by atoms with van der Waals surface area (Å²) in [6.07, 6.45) is 5.49. The number of piperidine rings is 1. The van der Waals surface area contributed by atoms with Crippen molar-refractivity contribution in [3.8, 4) is 5.69 Å². The Kier molecular flexibility index (Phi) is 4.23. The molecule has 0 saturated carbocycles. The first-order chi connectivity index (χ1) is 12.2. The highest BCUT2D eigenvalue weighted by Gasteiger charge is 2.23. The molecule has 0 amide bonds. The van der Waals surface area contributed by atoms with Gasteiger partial charge < -0.3 is 0 Å². The molecular formula is C18H22N6O. The first-order valence-electron chi connectivity index (χ1n) is 8.65. The van der Waals surface area contributed by atoms with Crippen LogP contribution in [0.25, 0.3) is 5.69 Å². The van der Waals surface area contributed by atoms with E-state index in [2.05, 4.69) is 36.8 Å². The number of H-pyrrole nitrogens is 1. The van der Waals surface area contributed by atoms with Gasteiger partial charge in [-0.2, -0.15) is 5.10 Å². The van der Waals surface area contributed by atoms with Gasteiger partial charge in [-0.25, -0.2) is 14.9 Å². The van der Waals surface area contributed by atoms with Gasteiger partial charge in [-0.15, -0.1) is 0 Å². The molecule has 0 atom stereocenters. The van der Waals surface area contributed by atoms with Crippen LogP contribution in [-0.4, -0.2) is 42.3 Å². The number of hydrogen-bond donors (Lipinski definition) is 1. The monoisotopic (exact) mass is 338 g/mol. The number of nitrogens with zero attached hydrogens (tertiary/aromatic N) is 5. The molecule has 1 fully saturated rings. The Morgan fingerprint density at radius 3 is 2.64 bits per heavy atom. The van der Waals surface area contributed by atoms with Crippen molar-refractivity contribution >= 4 is 0 Å². The number of hydrogen-bond acceptors (Lipinski definition) is 4. The molecule has 4 rings (SSSR count). The summed E-state index contributed by atoms with van der Waals surface area (Å²) >= 11 is 0. The Morgan fingerprint density at radius 2 is 1.96 bits per heavy atom. The van der Waals surface area contributed by atoms with E-state index < -0.39 is 0 Å². The molecule has 0 spiro atoms. The predicted molar refractivity (Wildman–Crippen MR) is 94.7 cm³/mol. The van der Waals surface area contributed by atoms with Crippen LogP contribution in [-0.2, 0) is 6.54 Å². The van der Waals surface area contributed by atoms with Gasteiger partial charge in [0.2, 0.25) is 0 Å². The van der Waals surface area contributed by atoms with Crippen molar-refractivity contribution in [1.29, 1.82) is 0 Å². The van der Waals surface area contributed by atoms with E-state index in [0.717, 1.165) is 44.0 Å². The van der Waals surface area contributed by atoms with Gasteiger partial charge in [0.05, 0.1) is 11.9 Å². The zero-order chi connectivity index (χ0) is 17.2. The third kappa shape index (κ3) is 3.15. The number of aromatic nitrogens is 5. The first kappa shape index (κ1) is 15.8. The average molecular weight is 338 g/mol. The quantitative estimate of drug-likeness (QED) is 0.789. The molecule has 0 unspecified atom stereocenters. The van der Waals surface area contributed by atoms with Crippen molar-refractivity contribution in [2.45, 2.75) is 32.4 Å². The highest BCUT2D eigenvalue weighted by molar-refractivity contribution is 5.35. The van der Waals surface area contributed by atoms with Gasteiger partial charge in [-0.05, 0) is 31.9 Å². The molecule has 3 heterocycles. The second-order valence-electron chi connectivity index (χ2n) is 6.54. The molecule has 1 aliphatic heterocycles. The molecule has 1 aliphatic rings. The van der Waals surface area contributed by atoms with Crippen LogP contribution < -0.4 is 5.69 Å². The maximum atomic E-state index is 11.7. The van der Waals surface area contributed by atoms with Crippen molar-refractivity contribution in [2.24, 2.45) is 0 Å². The highest BCUT2D eigenvalue weighted by Crippen LogP contribution is 2.23. The topological polar surface area (TPSA) is 71.7 Å². The van der Waals surface area contributed by atoms with Crippen LogP contribution in [0.5, 0.6) is 0 Å². The van der Waals surface area contributed by atoms with E-state index in [1.54, 1.807) is 10.9 Å². The maximum absolute atomic E-state index is 11.7. The largest absolute Gasteiger partial charge is 0.343 e. The molecule has 2 aromatic heterocycles. The Balaban J connectivity index is 1.46. The molecule has 1 N–H and O–H groups in total. The van der Waals surface area contributed by atoms with E-state index in [-0.39, 0.29) is 11.7 Å². The van der Waals surface area contributed by atoms with E-state index in [4.69, 9.17) is 0 Å². The van der Waals surface area contributed by atoms with Gasteiger partial charge in [-0.3, -0.25) is 14.0 Å². The first-order valence-corrected chi connectivity index (χ1v) is 8.65. The standard InChI is InChI=1S/C18H22N6O/c1-14-19-11-17(24(14)16-5-3-2-4-6-16)12-22-9-7-15(8-10-22)23-13-20-21-18(23)25/h2-6,11,13,15H,7-10,12H2,1H3,(H,21,25). The lowest BCUT2D eigenvalue weighted by molar-refractivity contribution is 0.175. The predicted octanol–water partition coefficient (Wildman–Crippen LogP) is 1.90. The molecule has 7 nitrogen and oxygen atoms in total. The number of aryl methyl sites for hydroxylation is 1. The summed E-state index contributed by atoms with van der Waals surface area (Å²) in [6, 6.07) is 10.6.